The smallest absolute Gasteiger partial charge is 0.379 e. The van der Waals surface area contributed by atoms with Gasteiger partial charge in [0.2, 0.25) is 0 Å². The molecule has 1 heterocycles. The topological polar surface area (TPSA) is 65.2 Å². The molecule has 5 nitrogen and oxygen atoms in total. The third kappa shape index (κ3) is 2.53. The molecule has 0 N–H and O–H groups in total. The van der Waals surface area contributed by atoms with Crippen LogP contribution in [0, 0.1) is 0 Å². The maximum atomic E-state index is 11.4. The van der Waals surface area contributed by atoms with Crippen molar-refractivity contribution in [3.8, 4) is 11.5 Å². The fourth-order valence-corrected chi connectivity index (χ4v) is 2.02. The summed E-state index contributed by atoms with van der Waals surface area (Å²) in [6, 6.07) is 7.63. The molecule has 0 unspecified atom stereocenters. The van der Waals surface area contributed by atoms with Crippen molar-refractivity contribution in [2.75, 3.05) is 12.9 Å². The summed E-state index contributed by atoms with van der Waals surface area (Å²) in [7, 11) is 0. The molecular formula is C12H12N2O3S. The van der Waals surface area contributed by atoms with Crippen LogP contribution in [0.2, 0.25) is 0 Å². The minimum absolute atomic E-state index is 0.0530. The molecule has 6 heteroatoms. The molecule has 0 aliphatic rings. The first-order valence-corrected chi connectivity index (χ1v) is 6.63. The zero-order chi connectivity index (χ0) is 13.0. The number of rotatable bonds is 4. The van der Waals surface area contributed by atoms with Crippen LogP contribution in [-0.4, -0.2) is 29.0 Å². The third-order valence-corrected chi connectivity index (χ3v) is 3.02. The monoisotopic (exact) mass is 264 g/mol. The van der Waals surface area contributed by atoms with Crippen LogP contribution in [-0.2, 0) is 4.74 Å². The fourth-order valence-electron chi connectivity index (χ4n) is 1.43. The van der Waals surface area contributed by atoms with E-state index in [4.69, 9.17) is 9.26 Å². The molecule has 0 atom stereocenters. The first-order chi connectivity index (χ1) is 8.76. The lowest BCUT2D eigenvalue weighted by atomic mass is 10.2. The van der Waals surface area contributed by atoms with Crippen LogP contribution < -0.4 is 0 Å². The maximum Gasteiger partial charge on any atom is 0.379 e. The Morgan fingerprint density at radius 2 is 2.22 bits per heavy atom. The van der Waals surface area contributed by atoms with Crippen LogP contribution in [0.15, 0.2) is 33.7 Å². The summed E-state index contributed by atoms with van der Waals surface area (Å²) in [6.45, 7) is 2.01. The van der Waals surface area contributed by atoms with Crippen molar-refractivity contribution in [1.29, 1.82) is 0 Å². The number of esters is 1. The van der Waals surface area contributed by atoms with E-state index in [-0.39, 0.29) is 12.4 Å². The van der Waals surface area contributed by atoms with Gasteiger partial charge in [0.25, 0.3) is 11.7 Å². The molecule has 2 rings (SSSR count). The predicted octanol–water partition coefficient (Wildman–Crippen LogP) is 2.64. The molecule has 1 aromatic heterocycles. The Balaban J connectivity index is 2.32. The van der Waals surface area contributed by atoms with Gasteiger partial charge in [0.15, 0.2) is 0 Å². The van der Waals surface area contributed by atoms with E-state index >= 15 is 0 Å². The number of hydrogen-bond donors (Lipinski definition) is 0. The van der Waals surface area contributed by atoms with Crippen molar-refractivity contribution < 1.29 is 14.1 Å². The average molecular weight is 264 g/mol. The number of aromatic nitrogens is 2. The SMILES string of the molecule is CCOC(=O)c1noc(-c2ccccc2SC)n1. The van der Waals surface area contributed by atoms with Crippen molar-refractivity contribution in [2.24, 2.45) is 0 Å². The summed E-state index contributed by atoms with van der Waals surface area (Å²) in [6.07, 6.45) is 1.96. The molecule has 0 aliphatic carbocycles. The number of nitrogens with zero attached hydrogens (tertiary/aromatic N) is 2. The first-order valence-electron chi connectivity index (χ1n) is 5.40. The first kappa shape index (κ1) is 12.6. The predicted molar refractivity (Wildman–Crippen MR) is 67.5 cm³/mol. The quantitative estimate of drug-likeness (QED) is 0.624. The second-order valence-electron chi connectivity index (χ2n) is 3.34. The molecule has 0 saturated heterocycles. The second-order valence-corrected chi connectivity index (χ2v) is 4.19. The average Bonchev–Trinajstić information content (AvgIpc) is 2.88. The number of ether oxygens (including phenoxy) is 1. The summed E-state index contributed by atoms with van der Waals surface area (Å²) in [5.41, 5.74) is 0.813. The zero-order valence-corrected chi connectivity index (χ0v) is 10.9. The Bertz CT molecular complexity index is 554. The minimum atomic E-state index is -0.575. The lowest BCUT2D eigenvalue weighted by molar-refractivity contribution is 0.0508. The highest BCUT2D eigenvalue weighted by Crippen LogP contribution is 2.28. The molecule has 0 saturated carbocycles. The van der Waals surface area contributed by atoms with Crippen LogP contribution in [0.1, 0.15) is 17.5 Å². The lowest BCUT2D eigenvalue weighted by Gasteiger charge is -2.00. The van der Waals surface area contributed by atoms with E-state index in [0.717, 1.165) is 10.5 Å². The molecule has 0 aliphatic heterocycles. The van der Waals surface area contributed by atoms with E-state index in [0.29, 0.717) is 5.89 Å². The van der Waals surface area contributed by atoms with Gasteiger partial charge in [-0.25, -0.2) is 4.79 Å². The van der Waals surface area contributed by atoms with Gasteiger partial charge < -0.3 is 9.26 Å². The van der Waals surface area contributed by atoms with Gasteiger partial charge >= 0.3 is 5.97 Å². The maximum absolute atomic E-state index is 11.4. The van der Waals surface area contributed by atoms with Crippen LogP contribution in [0.4, 0.5) is 0 Å². The second kappa shape index (κ2) is 5.68. The molecule has 18 heavy (non-hydrogen) atoms. The van der Waals surface area contributed by atoms with Crippen LogP contribution in [0.3, 0.4) is 0 Å². The number of benzene rings is 1. The summed E-state index contributed by atoms with van der Waals surface area (Å²) >= 11 is 1.57. The number of carbonyl (C=O) groups is 1. The standard InChI is InChI=1S/C12H12N2O3S/c1-3-16-12(15)10-13-11(17-14-10)8-6-4-5-7-9(8)18-2/h4-7H,3H2,1-2H3. The normalized spacial score (nSPS) is 10.3. The van der Waals surface area contributed by atoms with Gasteiger partial charge in [0.1, 0.15) is 0 Å². The van der Waals surface area contributed by atoms with E-state index in [9.17, 15) is 4.79 Å². The summed E-state index contributed by atoms with van der Waals surface area (Å²) in [5.74, 6) is -0.306. The van der Waals surface area contributed by atoms with Crippen LogP contribution in [0.25, 0.3) is 11.5 Å². The molecule has 0 amide bonds. The number of carbonyl (C=O) groups excluding carboxylic acids is 1. The third-order valence-electron chi connectivity index (χ3n) is 2.22. The molecule has 2 aromatic rings. The van der Waals surface area contributed by atoms with Crippen LogP contribution in [0.5, 0.6) is 0 Å². The molecule has 94 valence electrons. The Hall–Kier alpha value is -1.82. The molecular weight excluding hydrogens is 252 g/mol. The summed E-state index contributed by atoms with van der Waals surface area (Å²) in [4.78, 5) is 16.5. The Labute approximate surface area is 109 Å². The van der Waals surface area contributed by atoms with Gasteiger partial charge in [-0.1, -0.05) is 12.1 Å². The van der Waals surface area contributed by atoms with Gasteiger partial charge in [-0.3, -0.25) is 0 Å². The zero-order valence-electron chi connectivity index (χ0n) is 10.0. The van der Waals surface area contributed by atoms with E-state index in [1.165, 1.54) is 0 Å². The van der Waals surface area contributed by atoms with Crippen molar-refractivity contribution in [3.05, 3.63) is 30.1 Å². The van der Waals surface area contributed by atoms with Crippen molar-refractivity contribution in [2.45, 2.75) is 11.8 Å². The highest BCUT2D eigenvalue weighted by Gasteiger charge is 2.17. The van der Waals surface area contributed by atoms with Gasteiger partial charge in [-0.2, -0.15) is 4.98 Å². The van der Waals surface area contributed by atoms with E-state index in [2.05, 4.69) is 10.1 Å². The Morgan fingerprint density at radius 1 is 1.44 bits per heavy atom. The summed E-state index contributed by atoms with van der Waals surface area (Å²) < 4.78 is 9.89. The van der Waals surface area contributed by atoms with E-state index in [1.54, 1.807) is 18.7 Å². The molecule has 0 bridgehead atoms. The Kier molecular flexibility index (Phi) is 3.99. The van der Waals surface area contributed by atoms with E-state index in [1.807, 2.05) is 30.5 Å². The van der Waals surface area contributed by atoms with Gasteiger partial charge in [-0.15, -0.1) is 11.8 Å². The number of hydrogen-bond acceptors (Lipinski definition) is 6. The van der Waals surface area contributed by atoms with Gasteiger partial charge in [-0.05, 0) is 30.5 Å². The van der Waals surface area contributed by atoms with Crippen LogP contribution >= 0.6 is 11.8 Å². The van der Waals surface area contributed by atoms with Crippen molar-refractivity contribution in [1.82, 2.24) is 10.1 Å². The molecule has 0 spiro atoms. The van der Waals surface area contributed by atoms with Gasteiger partial charge in [0, 0.05) is 4.90 Å². The lowest BCUT2D eigenvalue weighted by Crippen LogP contribution is -2.06. The highest BCUT2D eigenvalue weighted by molar-refractivity contribution is 7.98. The minimum Gasteiger partial charge on any atom is -0.460 e. The summed E-state index contributed by atoms with van der Waals surface area (Å²) in [5, 5.41) is 3.62. The van der Waals surface area contributed by atoms with Gasteiger partial charge in [0.05, 0.1) is 12.2 Å². The molecule has 1 aromatic carbocycles. The molecule has 0 fully saturated rings. The highest BCUT2D eigenvalue weighted by atomic mass is 32.2. The molecule has 0 radical (unpaired) electrons. The van der Waals surface area contributed by atoms with Crippen molar-refractivity contribution >= 4 is 17.7 Å². The number of thioether (sulfide) groups is 1. The van der Waals surface area contributed by atoms with Crippen molar-refractivity contribution in [3.63, 3.8) is 0 Å². The van der Waals surface area contributed by atoms with E-state index < -0.39 is 5.97 Å². The Morgan fingerprint density at radius 3 is 2.94 bits per heavy atom. The largest absolute Gasteiger partial charge is 0.460 e. The fraction of sp³-hybridized carbons (Fsp3) is 0.250.